The van der Waals surface area contributed by atoms with E-state index in [1.807, 2.05) is 19.9 Å². The van der Waals surface area contributed by atoms with Crippen molar-refractivity contribution < 1.29 is 13.2 Å². The van der Waals surface area contributed by atoms with E-state index in [-0.39, 0.29) is 17.3 Å². The van der Waals surface area contributed by atoms with Crippen molar-refractivity contribution in [2.75, 3.05) is 23.7 Å². The maximum atomic E-state index is 12.6. The number of nitrogens with one attached hydrogen (secondary N) is 3. The Kier molecular flexibility index (Phi) is 5.70. The molecule has 0 aliphatic carbocycles. The molecule has 0 spiro atoms. The van der Waals surface area contributed by atoms with Gasteiger partial charge >= 0.3 is 0 Å². The van der Waals surface area contributed by atoms with Gasteiger partial charge in [-0.2, -0.15) is 5.10 Å². The number of hydrogen-bond acceptors (Lipinski definition) is 7. The Bertz CT molecular complexity index is 1220. The van der Waals surface area contributed by atoms with Crippen molar-refractivity contribution >= 4 is 27.4 Å². The van der Waals surface area contributed by atoms with Crippen LogP contribution in [0, 0.1) is 13.8 Å². The zero-order valence-electron chi connectivity index (χ0n) is 17.2. The van der Waals surface area contributed by atoms with E-state index in [1.54, 1.807) is 28.9 Å². The smallest absolute Gasteiger partial charge is 0.240 e. The summed E-state index contributed by atoms with van der Waals surface area (Å²) in [5.74, 6) is 1.09. The lowest BCUT2D eigenvalue weighted by Crippen LogP contribution is -2.29. The van der Waals surface area contributed by atoms with Crippen LogP contribution in [0.3, 0.4) is 0 Å². The Labute approximate surface area is 180 Å². The molecule has 4 rings (SSSR count). The topological polar surface area (TPSA) is 131 Å². The molecule has 1 aliphatic rings. The molecule has 0 bridgehead atoms. The van der Waals surface area contributed by atoms with Gasteiger partial charge in [-0.1, -0.05) is 0 Å². The maximum Gasteiger partial charge on any atom is 0.240 e. The molecule has 0 saturated carbocycles. The summed E-state index contributed by atoms with van der Waals surface area (Å²) < 4.78 is 29.4. The number of carbonyl (C=O) groups is 1. The maximum absolute atomic E-state index is 12.6. The SMILES string of the molecule is Cc1cc(C)n(-c2ccc(NCCNS(=O)(=O)c3ccc4c(c3)CCC(=O)N4)nn2)n1. The van der Waals surface area contributed by atoms with Gasteiger partial charge in [-0.3, -0.25) is 4.79 Å². The normalized spacial score (nSPS) is 13.5. The molecular formula is C20H23N7O3S. The number of benzene rings is 1. The fourth-order valence-electron chi connectivity index (χ4n) is 3.38. The molecule has 162 valence electrons. The number of aryl methyl sites for hydroxylation is 3. The summed E-state index contributed by atoms with van der Waals surface area (Å²) >= 11 is 0. The van der Waals surface area contributed by atoms with Crippen LogP contribution in [0.15, 0.2) is 41.3 Å². The number of fused-ring (bicyclic) bond motifs is 1. The molecule has 1 aliphatic heterocycles. The Hall–Kier alpha value is -3.31. The molecule has 0 radical (unpaired) electrons. The Morgan fingerprint density at radius 1 is 1.06 bits per heavy atom. The summed E-state index contributed by atoms with van der Waals surface area (Å²) in [4.78, 5) is 11.6. The number of rotatable bonds is 7. The number of nitrogens with zero attached hydrogens (tertiary/aromatic N) is 4. The first kappa shape index (κ1) is 20.9. The third-order valence-electron chi connectivity index (χ3n) is 4.88. The molecule has 3 aromatic rings. The van der Waals surface area contributed by atoms with Gasteiger partial charge in [-0.25, -0.2) is 17.8 Å². The number of amides is 1. The third kappa shape index (κ3) is 4.72. The summed E-state index contributed by atoms with van der Waals surface area (Å²) in [5, 5.41) is 18.4. The van der Waals surface area contributed by atoms with Gasteiger partial charge in [0.1, 0.15) is 5.82 Å². The molecule has 11 heteroatoms. The minimum absolute atomic E-state index is 0.0571. The number of aromatic nitrogens is 4. The molecule has 0 unspecified atom stereocenters. The Morgan fingerprint density at radius 2 is 1.90 bits per heavy atom. The molecule has 0 saturated heterocycles. The lowest BCUT2D eigenvalue weighted by atomic mass is 10.0. The monoisotopic (exact) mass is 441 g/mol. The largest absolute Gasteiger partial charge is 0.367 e. The molecule has 10 nitrogen and oxygen atoms in total. The minimum Gasteiger partial charge on any atom is -0.367 e. The van der Waals surface area contributed by atoms with E-state index in [0.717, 1.165) is 17.0 Å². The van der Waals surface area contributed by atoms with Crippen molar-refractivity contribution in [3.05, 3.63) is 53.3 Å². The molecule has 3 N–H and O–H groups in total. The van der Waals surface area contributed by atoms with E-state index in [9.17, 15) is 13.2 Å². The van der Waals surface area contributed by atoms with E-state index < -0.39 is 10.0 Å². The van der Waals surface area contributed by atoms with Crippen LogP contribution in [0.25, 0.3) is 5.82 Å². The Balaban J connectivity index is 1.32. The van der Waals surface area contributed by atoms with Gasteiger partial charge in [0.15, 0.2) is 5.82 Å². The predicted molar refractivity (Wildman–Crippen MR) is 116 cm³/mol. The van der Waals surface area contributed by atoms with Gasteiger partial charge in [-0.05, 0) is 62.2 Å². The highest BCUT2D eigenvalue weighted by molar-refractivity contribution is 7.89. The summed E-state index contributed by atoms with van der Waals surface area (Å²) in [5.41, 5.74) is 3.35. The zero-order valence-corrected chi connectivity index (χ0v) is 18.0. The highest BCUT2D eigenvalue weighted by Gasteiger charge is 2.19. The molecule has 0 atom stereocenters. The van der Waals surface area contributed by atoms with Gasteiger partial charge in [0.25, 0.3) is 0 Å². The van der Waals surface area contributed by atoms with Crippen molar-refractivity contribution in [2.45, 2.75) is 31.6 Å². The molecular weight excluding hydrogens is 418 g/mol. The number of hydrogen-bond donors (Lipinski definition) is 3. The molecule has 1 aromatic carbocycles. The van der Waals surface area contributed by atoms with Gasteiger partial charge < -0.3 is 10.6 Å². The summed E-state index contributed by atoms with van der Waals surface area (Å²) in [6.45, 7) is 4.37. The van der Waals surface area contributed by atoms with Gasteiger partial charge in [0.05, 0.1) is 10.6 Å². The van der Waals surface area contributed by atoms with Crippen LogP contribution in [-0.4, -0.2) is 47.4 Å². The molecule has 0 fully saturated rings. The summed E-state index contributed by atoms with van der Waals surface area (Å²) in [7, 11) is -3.66. The van der Waals surface area contributed by atoms with Gasteiger partial charge in [0.2, 0.25) is 15.9 Å². The van der Waals surface area contributed by atoms with Gasteiger partial charge in [0, 0.05) is 30.9 Å². The van der Waals surface area contributed by atoms with Crippen molar-refractivity contribution in [1.82, 2.24) is 24.7 Å². The molecule has 31 heavy (non-hydrogen) atoms. The van der Waals surface area contributed by atoms with E-state index in [1.165, 1.54) is 6.07 Å². The summed E-state index contributed by atoms with van der Waals surface area (Å²) in [6.07, 6.45) is 0.881. The molecule has 1 amide bonds. The second-order valence-electron chi connectivity index (χ2n) is 7.31. The van der Waals surface area contributed by atoms with Crippen LogP contribution in [0.4, 0.5) is 11.5 Å². The quantitative estimate of drug-likeness (QED) is 0.474. The number of anilines is 2. The van der Waals surface area contributed by atoms with E-state index in [4.69, 9.17) is 0 Å². The fraction of sp³-hybridized carbons (Fsp3) is 0.300. The first-order chi connectivity index (χ1) is 14.8. The van der Waals surface area contributed by atoms with Crippen molar-refractivity contribution in [3.8, 4) is 5.82 Å². The van der Waals surface area contributed by atoms with Crippen LogP contribution >= 0.6 is 0 Å². The molecule has 2 aromatic heterocycles. The van der Waals surface area contributed by atoms with Crippen molar-refractivity contribution in [3.63, 3.8) is 0 Å². The lowest BCUT2D eigenvalue weighted by Gasteiger charge is -2.17. The second kappa shape index (κ2) is 8.44. The lowest BCUT2D eigenvalue weighted by molar-refractivity contribution is -0.116. The first-order valence-corrected chi connectivity index (χ1v) is 11.3. The van der Waals surface area contributed by atoms with Crippen LogP contribution < -0.4 is 15.4 Å². The fourth-order valence-corrected chi connectivity index (χ4v) is 4.46. The third-order valence-corrected chi connectivity index (χ3v) is 6.34. The van der Waals surface area contributed by atoms with E-state index in [2.05, 4.69) is 30.7 Å². The minimum atomic E-state index is -3.66. The first-order valence-electron chi connectivity index (χ1n) is 9.85. The van der Waals surface area contributed by atoms with E-state index in [0.29, 0.717) is 36.7 Å². The van der Waals surface area contributed by atoms with Gasteiger partial charge in [-0.15, -0.1) is 10.2 Å². The standard InChI is InChI=1S/C20H23N7O3S/c1-13-11-14(2)27(26-13)19-7-6-18(24-25-19)21-9-10-22-31(29,30)16-4-5-17-15(12-16)3-8-20(28)23-17/h4-7,11-12,22H,3,8-10H2,1-2H3,(H,21,24)(H,23,28). The predicted octanol–water partition coefficient (Wildman–Crippen LogP) is 1.55. The number of sulfonamides is 1. The van der Waals surface area contributed by atoms with Crippen molar-refractivity contribution in [2.24, 2.45) is 0 Å². The molecule has 3 heterocycles. The Morgan fingerprint density at radius 3 is 2.61 bits per heavy atom. The second-order valence-corrected chi connectivity index (χ2v) is 9.07. The highest BCUT2D eigenvalue weighted by atomic mass is 32.2. The van der Waals surface area contributed by atoms with Crippen molar-refractivity contribution in [1.29, 1.82) is 0 Å². The average Bonchev–Trinajstić information content (AvgIpc) is 3.09. The van der Waals surface area contributed by atoms with Crippen LogP contribution in [-0.2, 0) is 21.2 Å². The highest BCUT2D eigenvalue weighted by Crippen LogP contribution is 2.25. The number of carbonyl (C=O) groups excluding carboxylic acids is 1. The van der Waals surface area contributed by atoms with Crippen LogP contribution in [0.1, 0.15) is 23.4 Å². The van der Waals surface area contributed by atoms with E-state index >= 15 is 0 Å². The van der Waals surface area contributed by atoms with Crippen LogP contribution in [0.5, 0.6) is 0 Å². The van der Waals surface area contributed by atoms with Crippen LogP contribution in [0.2, 0.25) is 0 Å². The zero-order chi connectivity index (χ0) is 22.0. The summed E-state index contributed by atoms with van der Waals surface area (Å²) in [6, 6.07) is 10.2. The average molecular weight is 442 g/mol.